The Morgan fingerprint density at radius 1 is 1.35 bits per heavy atom. The quantitative estimate of drug-likeness (QED) is 0.884. The summed E-state index contributed by atoms with van der Waals surface area (Å²) in [4.78, 5) is 16.0. The Balaban J connectivity index is 1.82. The molecule has 0 unspecified atom stereocenters. The van der Waals surface area contributed by atoms with Crippen molar-refractivity contribution >= 4 is 29.1 Å². The van der Waals surface area contributed by atoms with Crippen molar-refractivity contribution in [1.29, 1.82) is 0 Å². The van der Waals surface area contributed by atoms with Crippen molar-refractivity contribution in [2.24, 2.45) is 0 Å². The summed E-state index contributed by atoms with van der Waals surface area (Å²) in [6, 6.07) is 5.04. The van der Waals surface area contributed by atoms with E-state index in [1.165, 1.54) is 12.6 Å². The molecule has 1 aromatic carbocycles. The Hall–Kier alpha value is -1.60. The lowest BCUT2D eigenvalue weighted by Crippen LogP contribution is -2.44. The van der Waals surface area contributed by atoms with E-state index >= 15 is 0 Å². The summed E-state index contributed by atoms with van der Waals surface area (Å²) < 4.78 is 10.9. The fraction of sp³-hybridized carbons (Fsp3) is 0.333. The number of halogens is 2. The molecule has 0 spiro atoms. The van der Waals surface area contributed by atoms with Crippen LogP contribution in [0.1, 0.15) is 22.2 Å². The molecule has 1 aliphatic heterocycles. The molecule has 3 rings (SSSR count). The number of ether oxygens (including phenoxy) is 1. The average molecular weight is 356 g/mol. The first-order valence-electron chi connectivity index (χ1n) is 7.12. The number of carbonyl (C=O) groups excluding carboxylic acids is 1. The number of oxazole rings is 1. The number of hydrogen-bond acceptors (Lipinski definition) is 5. The number of benzene rings is 1. The molecule has 8 heteroatoms. The predicted molar refractivity (Wildman–Crippen MR) is 85.8 cm³/mol. The molecule has 0 aliphatic carbocycles. The topological polar surface area (TPSA) is 76.4 Å². The smallest absolute Gasteiger partial charge is 0.289 e. The fourth-order valence-corrected chi connectivity index (χ4v) is 2.76. The SMILES string of the molecule is O=C(N[C@@H]1CNCCO[C@H]1c1ccc(Cl)c(Cl)c1)c1cnco1. The van der Waals surface area contributed by atoms with Crippen LogP contribution in [-0.2, 0) is 4.74 Å². The molecule has 0 radical (unpaired) electrons. The summed E-state index contributed by atoms with van der Waals surface area (Å²) in [5.74, 6) is -0.188. The molecule has 2 atom stereocenters. The zero-order valence-electron chi connectivity index (χ0n) is 12.1. The lowest BCUT2D eigenvalue weighted by atomic mass is 10.0. The number of rotatable bonds is 3. The van der Waals surface area contributed by atoms with E-state index in [1.807, 2.05) is 6.07 Å². The molecule has 1 amide bonds. The van der Waals surface area contributed by atoms with Crippen LogP contribution in [0, 0.1) is 0 Å². The fourth-order valence-electron chi connectivity index (χ4n) is 2.45. The first kappa shape index (κ1) is 16.3. The third-order valence-corrected chi connectivity index (χ3v) is 4.29. The van der Waals surface area contributed by atoms with Crippen molar-refractivity contribution in [3.63, 3.8) is 0 Å². The van der Waals surface area contributed by atoms with Crippen LogP contribution in [0.15, 0.2) is 35.2 Å². The van der Waals surface area contributed by atoms with Crippen molar-refractivity contribution < 1.29 is 13.9 Å². The van der Waals surface area contributed by atoms with Gasteiger partial charge in [-0.2, -0.15) is 0 Å². The summed E-state index contributed by atoms with van der Waals surface area (Å²) in [5, 5.41) is 7.06. The summed E-state index contributed by atoms with van der Waals surface area (Å²) in [7, 11) is 0. The van der Waals surface area contributed by atoms with Crippen LogP contribution in [0.25, 0.3) is 0 Å². The van der Waals surface area contributed by atoms with Crippen LogP contribution < -0.4 is 10.6 Å². The Morgan fingerprint density at radius 3 is 2.96 bits per heavy atom. The van der Waals surface area contributed by atoms with E-state index in [2.05, 4.69) is 15.6 Å². The maximum absolute atomic E-state index is 12.2. The molecule has 1 aliphatic rings. The van der Waals surface area contributed by atoms with E-state index in [1.54, 1.807) is 12.1 Å². The number of nitrogens with one attached hydrogen (secondary N) is 2. The predicted octanol–water partition coefficient (Wildman–Crippen LogP) is 2.44. The summed E-state index contributed by atoms with van der Waals surface area (Å²) >= 11 is 12.1. The Bertz CT molecular complexity index is 679. The summed E-state index contributed by atoms with van der Waals surface area (Å²) in [6.45, 7) is 1.79. The van der Waals surface area contributed by atoms with Crippen molar-refractivity contribution in [1.82, 2.24) is 15.6 Å². The molecule has 122 valence electrons. The number of amides is 1. The van der Waals surface area contributed by atoms with Crippen molar-refractivity contribution in [3.05, 3.63) is 52.2 Å². The molecule has 0 saturated carbocycles. The van der Waals surface area contributed by atoms with Gasteiger partial charge in [0.25, 0.3) is 5.91 Å². The maximum Gasteiger partial charge on any atom is 0.289 e. The lowest BCUT2D eigenvalue weighted by Gasteiger charge is -2.26. The minimum atomic E-state index is -0.343. The van der Waals surface area contributed by atoms with E-state index in [0.29, 0.717) is 29.7 Å². The molecule has 1 saturated heterocycles. The second kappa shape index (κ2) is 7.31. The number of nitrogens with zero attached hydrogens (tertiary/aromatic N) is 1. The molecule has 1 fully saturated rings. The van der Waals surface area contributed by atoms with Crippen molar-refractivity contribution in [3.8, 4) is 0 Å². The second-order valence-electron chi connectivity index (χ2n) is 5.11. The van der Waals surface area contributed by atoms with Crippen LogP contribution in [0.4, 0.5) is 0 Å². The lowest BCUT2D eigenvalue weighted by molar-refractivity contribution is 0.0411. The highest BCUT2D eigenvalue weighted by molar-refractivity contribution is 6.42. The minimum absolute atomic E-state index is 0.155. The normalized spacial score (nSPS) is 21.7. The number of carbonyl (C=O) groups is 1. The van der Waals surface area contributed by atoms with Gasteiger partial charge in [-0.25, -0.2) is 4.98 Å². The van der Waals surface area contributed by atoms with E-state index in [-0.39, 0.29) is 23.8 Å². The minimum Gasteiger partial charge on any atom is -0.438 e. The molecule has 2 N–H and O–H groups in total. The van der Waals surface area contributed by atoms with Gasteiger partial charge in [0.1, 0.15) is 6.10 Å². The molecule has 2 aromatic rings. The Labute approximate surface area is 143 Å². The van der Waals surface area contributed by atoms with Gasteiger partial charge in [-0.1, -0.05) is 29.3 Å². The second-order valence-corrected chi connectivity index (χ2v) is 5.93. The highest BCUT2D eigenvalue weighted by atomic mass is 35.5. The molecule has 6 nitrogen and oxygen atoms in total. The summed E-state index contributed by atoms with van der Waals surface area (Å²) in [6.07, 6.45) is 2.24. The highest BCUT2D eigenvalue weighted by Crippen LogP contribution is 2.29. The zero-order chi connectivity index (χ0) is 16.2. The van der Waals surface area contributed by atoms with Crippen LogP contribution in [0.3, 0.4) is 0 Å². The van der Waals surface area contributed by atoms with E-state index < -0.39 is 0 Å². The molecular formula is C15H15Cl2N3O3. The number of hydrogen-bond donors (Lipinski definition) is 2. The zero-order valence-corrected chi connectivity index (χ0v) is 13.6. The highest BCUT2D eigenvalue weighted by Gasteiger charge is 2.29. The third kappa shape index (κ3) is 3.84. The van der Waals surface area contributed by atoms with Crippen molar-refractivity contribution in [2.45, 2.75) is 12.1 Å². The van der Waals surface area contributed by atoms with E-state index in [9.17, 15) is 4.79 Å². The molecular weight excluding hydrogens is 341 g/mol. The van der Waals surface area contributed by atoms with Gasteiger partial charge in [0.2, 0.25) is 5.76 Å². The number of aromatic nitrogens is 1. The standard InChI is InChI=1S/C15H15Cl2N3O3/c16-10-2-1-9(5-11(10)17)14-12(6-18-3-4-22-14)20-15(21)13-7-19-8-23-13/h1-2,5,7-8,12,14,18H,3-4,6H2,(H,20,21)/t12-,14+/m1/s1. The third-order valence-electron chi connectivity index (χ3n) is 3.55. The van der Waals surface area contributed by atoms with Crippen LogP contribution in [0.2, 0.25) is 10.0 Å². The maximum atomic E-state index is 12.2. The van der Waals surface area contributed by atoms with Crippen LogP contribution >= 0.6 is 23.2 Å². The van der Waals surface area contributed by atoms with Gasteiger partial charge in [-0.15, -0.1) is 0 Å². The van der Waals surface area contributed by atoms with Gasteiger partial charge in [0.05, 0.1) is 28.9 Å². The van der Waals surface area contributed by atoms with Gasteiger partial charge < -0.3 is 19.8 Å². The Morgan fingerprint density at radius 2 is 2.22 bits per heavy atom. The molecule has 2 heterocycles. The van der Waals surface area contributed by atoms with Gasteiger partial charge in [0, 0.05) is 13.1 Å². The van der Waals surface area contributed by atoms with E-state index in [0.717, 1.165) is 5.56 Å². The van der Waals surface area contributed by atoms with Gasteiger partial charge in [0.15, 0.2) is 6.39 Å². The first-order valence-corrected chi connectivity index (χ1v) is 7.87. The van der Waals surface area contributed by atoms with Crippen LogP contribution in [0.5, 0.6) is 0 Å². The monoisotopic (exact) mass is 355 g/mol. The first-order chi connectivity index (χ1) is 11.1. The van der Waals surface area contributed by atoms with Crippen LogP contribution in [-0.4, -0.2) is 36.6 Å². The van der Waals surface area contributed by atoms with Crippen molar-refractivity contribution in [2.75, 3.05) is 19.7 Å². The average Bonchev–Trinajstić information content (AvgIpc) is 2.98. The van der Waals surface area contributed by atoms with Gasteiger partial charge in [-0.3, -0.25) is 4.79 Å². The van der Waals surface area contributed by atoms with Gasteiger partial charge >= 0.3 is 0 Å². The molecule has 1 aromatic heterocycles. The molecule has 23 heavy (non-hydrogen) atoms. The van der Waals surface area contributed by atoms with Gasteiger partial charge in [-0.05, 0) is 17.7 Å². The largest absolute Gasteiger partial charge is 0.438 e. The molecule has 0 bridgehead atoms. The van der Waals surface area contributed by atoms with E-state index in [4.69, 9.17) is 32.4 Å². The summed E-state index contributed by atoms with van der Waals surface area (Å²) in [5.41, 5.74) is 0.853. The Kier molecular flexibility index (Phi) is 5.17.